The molecule has 1 N–H and O–H groups in total. The van der Waals surface area contributed by atoms with Gasteiger partial charge in [-0.3, -0.25) is 9.69 Å². The number of ether oxygens (including phenoxy) is 1. The van der Waals surface area contributed by atoms with Crippen molar-refractivity contribution >= 4 is 11.9 Å². The number of nitriles is 1. The van der Waals surface area contributed by atoms with Gasteiger partial charge in [0.2, 0.25) is 5.91 Å². The van der Waals surface area contributed by atoms with Crippen LogP contribution < -0.4 is 5.32 Å². The van der Waals surface area contributed by atoms with E-state index in [1.165, 1.54) is 14.0 Å². The minimum atomic E-state index is -0.711. The molecule has 0 heterocycles. The van der Waals surface area contributed by atoms with Crippen LogP contribution in [0, 0.1) is 11.3 Å². The lowest BCUT2D eigenvalue weighted by atomic mass is 10.1. The van der Waals surface area contributed by atoms with Crippen LogP contribution in [0.25, 0.3) is 0 Å². The van der Waals surface area contributed by atoms with E-state index < -0.39 is 12.0 Å². The zero-order valence-corrected chi connectivity index (χ0v) is 12.4. The van der Waals surface area contributed by atoms with Crippen molar-refractivity contribution in [3.63, 3.8) is 0 Å². The number of nitrogens with zero attached hydrogens (tertiary/aromatic N) is 2. The number of carbonyl (C=O) groups excluding carboxylic acids is 2. The topological polar surface area (TPSA) is 82.4 Å². The molecule has 0 radical (unpaired) electrons. The Morgan fingerprint density at radius 3 is 2.76 bits per heavy atom. The summed E-state index contributed by atoms with van der Waals surface area (Å²) >= 11 is 0. The summed E-state index contributed by atoms with van der Waals surface area (Å²) in [5.74, 6) is -0.770. The molecule has 0 fully saturated rings. The monoisotopic (exact) mass is 289 g/mol. The van der Waals surface area contributed by atoms with E-state index in [4.69, 9.17) is 5.26 Å². The van der Waals surface area contributed by atoms with Gasteiger partial charge in [-0.25, -0.2) is 4.79 Å². The Kier molecular flexibility index (Phi) is 6.37. The summed E-state index contributed by atoms with van der Waals surface area (Å²) in [6.45, 7) is 2.23. The van der Waals surface area contributed by atoms with Gasteiger partial charge in [0.15, 0.2) is 0 Å². The molecule has 0 aliphatic carbocycles. The first-order chi connectivity index (χ1) is 9.96. The van der Waals surface area contributed by atoms with Gasteiger partial charge in [0.1, 0.15) is 6.04 Å². The van der Waals surface area contributed by atoms with E-state index in [-0.39, 0.29) is 5.91 Å². The third kappa shape index (κ3) is 5.63. The summed E-state index contributed by atoms with van der Waals surface area (Å²) in [4.78, 5) is 24.6. The molecule has 0 saturated heterocycles. The standard InChI is InChI=1S/C15H19N3O3/c1-11(19)17-14(15(20)21-3)10-18(2)9-13-6-4-5-12(7-13)8-16/h4-7,14H,9-10H2,1-3H3,(H,17,19). The maximum Gasteiger partial charge on any atom is 0.329 e. The van der Waals surface area contributed by atoms with E-state index >= 15 is 0 Å². The minimum Gasteiger partial charge on any atom is -0.467 e. The molecular weight excluding hydrogens is 270 g/mol. The number of nitrogens with one attached hydrogen (secondary N) is 1. The van der Waals surface area contributed by atoms with Gasteiger partial charge in [-0.2, -0.15) is 5.26 Å². The molecule has 6 heteroatoms. The first-order valence-corrected chi connectivity index (χ1v) is 6.48. The number of esters is 1. The molecule has 1 aromatic rings. The van der Waals surface area contributed by atoms with Crippen LogP contribution in [0.2, 0.25) is 0 Å². The van der Waals surface area contributed by atoms with Crippen molar-refractivity contribution in [3.8, 4) is 6.07 Å². The Bertz CT molecular complexity index is 551. The van der Waals surface area contributed by atoms with E-state index in [1.807, 2.05) is 24.1 Å². The van der Waals surface area contributed by atoms with Gasteiger partial charge in [0, 0.05) is 20.0 Å². The Balaban J connectivity index is 2.68. The fourth-order valence-electron chi connectivity index (χ4n) is 1.99. The highest BCUT2D eigenvalue weighted by atomic mass is 16.5. The molecule has 0 bridgehead atoms. The second kappa shape index (κ2) is 8.02. The number of hydrogen-bond acceptors (Lipinski definition) is 5. The predicted octanol–water partition coefficient (Wildman–Crippen LogP) is 0.668. The van der Waals surface area contributed by atoms with Crippen LogP contribution in [0.5, 0.6) is 0 Å². The van der Waals surface area contributed by atoms with Crippen molar-refractivity contribution in [2.24, 2.45) is 0 Å². The molecule has 1 unspecified atom stereocenters. The number of amides is 1. The molecule has 1 rings (SSSR count). The third-order valence-electron chi connectivity index (χ3n) is 2.87. The highest BCUT2D eigenvalue weighted by molar-refractivity contribution is 5.83. The van der Waals surface area contributed by atoms with Gasteiger partial charge in [0.25, 0.3) is 0 Å². The predicted molar refractivity (Wildman–Crippen MR) is 77.1 cm³/mol. The molecule has 0 aromatic heterocycles. The van der Waals surface area contributed by atoms with Crippen LogP contribution in [0.4, 0.5) is 0 Å². The van der Waals surface area contributed by atoms with Crippen LogP contribution >= 0.6 is 0 Å². The van der Waals surface area contributed by atoms with Gasteiger partial charge in [-0.05, 0) is 24.7 Å². The average molecular weight is 289 g/mol. The van der Waals surface area contributed by atoms with Crippen LogP contribution in [-0.2, 0) is 20.9 Å². The smallest absolute Gasteiger partial charge is 0.329 e. The number of rotatable bonds is 6. The van der Waals surface area contributed by atoms with Crippen LogP contribution in [0.3, 0.4) is 0 Å². The van der Waals surface area contributed by atoms with Crippen molar-refractivity contribution in [1.82, 2.24) is 10.2 Å². The van der Waals surface area contributed by atoms with Gasteiger partial charge in [0.05, 0.1) is 18.7 Å². The van der Waals surface area contributed by atoms with Crippen molar-refractivity contribution < 1.29 is 14.3 Å². The number of carbonyl (C=O) groups is 2. The maximum atomic E-state index is 11.6. The normalized spacial score (nSPS) is 11.6. The number of hydrogen-bond donors (Lipinski definition) is 1. The maximum absolute atomic E-state index is 11.6. The molecule has 112 valence electrons. The molecule has 0 spiro atoms. The Labute approximate surface area is 124 Å². The summed E-state index contributed by atoms with van der Waals surface area (Å²) in [5, 5.41) is 11.4. The average Bonchev–Trinajstić information content (AvgIpc) is 2.45. The third-order valence-corrected chi connectivity index (χ3v) is 2.87. The lowest BCUT2D eigenvalue weighted by molar-refractivity contribution is -0.145. The SMILES string of the molecule is COC(=O)C(CN(C)Cc1cccc(C#N)c1)NC(C)=O. The second-order valence-corrected chi connectivity index (χ2v) is 4.79. The fraction of sp³-hybridized carbons (Fsp3) is 0.400. The van der Waals surface area contributed by atoms with E-state index in [9.17, 15) is 9.59 Å². The zero-order chi connectivity index (χ0) is 15.8. The molecule has 1 atom stereocenters. The molecule has 0 aliphatic heterocycles. The van der Waals surface area contributed by atoms with Crippen LogP contribution in [0.1, 0.15) is 18.1 Å². The second-order valence-electron chi connectivity index (χ2n) is 4.79. The zero-order valence-electron chi connectivity index (χ0n) is 12.4. The van der Waals surface area contributed by atoms with E-state index in [2.05, 4.69) is 16.1 Å². The number of benzene rings is 1. The largest absolute Gasteiger partial charge is 0.467 e. The molecule has 1 amide bonds. The minimum absolute atomic E-state index is 0.287. The Morgan fingerprint density at radius 1 is 1.48 bits per heavy atom. The quantitative estimate of drug-likeness (QED) is 0.778. The van der Waals surface area contributed by atoms with Crippen molar-refractivity contribution in [1.29, 1.82) is 5.26 Å². The van der Waals surface area contributed by atoms with E-state index in [0.29, 0.717) is 18.7 Å². The fourth-order valence-corrected chi connectivity index (χ4v) is 1.99. The van der Waals surface area contributed by atoms with E-state index in [0.717, 1.165) is 5.56 Å². The summed E-state index contributed by atoms with van der Waals surface area (Å²) in [7, 11) is 3.12. The Hall–Kier alpha value is -2.39. The van der Waals surface area contributed by atoms with Gasteiger partial charge in [-0.1, -0.05) is 12.1 Å². The molecule has 6 nitrogen and oxygen atoms in total. The molecule has 0 saturated carbocycles. The molecule has 1 aromatic carbocycles. The van der Waals surface area contributed by atoms with Crippen molar-refractivity contribution in [2.45, 2.75) is 19.5 Å². The molecular formula is C15H19N3O3. The van der Waals surface area contributed by atoms with Gasteiger partial charge >= 0.3 is 5.97 Å². The van der Waals surface area contributed by atoms with E-state index in [1.54, 1.807) is 12.1 Å². The molecule has 21 heavy (non-hydrogen) atoms. The highest BCUT2D eigenvalue weighted by Crippen LogP contribution is 2.07. The van der Waals surface area contributed by atoms with Crippen molar-refractivity contribution in [2.75, 3.05) is 20.7 Å². The number of likely N-dealkylation sites (N-methyl/N-ethyl adjacent to an activating group) is 1. The first kappa shape index (κ1) is 16.7. The molecule has 0 aliphatic rings. The summed E-state index contributed by atoms with van der Waals surface area (Å²) in [6, 6.07) is 8.62. The lowest BCUT2D eigenvalue weighted by Gasteiger charge is -2.23. The van der Waals surface area contributed by atoms with Crippen LogP contribution in [-0.4, -0.2) is 43.5 Å². The first-order valence-electron chi connectivity index (χ1n) is 6.48. The summed E-state index contributed by atoms with van der Waals surface area (Å²) in [5.41, 5.74) is 1.55. The van der Waals surface area contributed by atoms with Crippen LogP contribution in [0.15, 0.2) is 24.3 Å². The van der Waals surface area contributed by atoms with Gasteiger partial charge < -0.3 is 10.1 Å². The summed E-state index contributed by atoms with van der Waals surface area (Å²) < 4.78 is 4.68. The highest BCUT2D eigenvalue weighted by Gasteiger charge is 2.21. The summed E-state index contributed by atoms with van der Waals surface area (Å²) in [6.07, 6.45) is 0. The van der Waals surface area contributed by atoms with Crippen molar-refractivity contribution in [3.05, 3.63) is 35.4 Å². The van der Waals surface area contributed by atoms with Gasteiger partial charge in [-0.15, -0.1) is 0 Å². The number of methoxy groups -OCH3 is 1. The Morgan fingerprint density at radius 2 is 2.19 bits per heavy atom. The lowest BCUT2D eigenvalue weighted by Crippen LogP contribution is -2.47.